The number of nitrogens with two attached hydrogens (primary N) is 1. The minimum atomic E-state index is -0.370. The fourth-order valence-corrected chi connectivity index (χ4v) is 1.39. The van der Waals surface area contributed by atoms with Crippen molar-refractivity contribution in [1.82, 2.24) is 0 Å². The van der Waals surface area contributed by atoms with Crippen molar-refractivity contribution < 1.29 is 13.9 Å². The number of hydrogen-bond donors (Lipinski definition) is 1. The Morgan fingerprint density at radius 1 is 1.35 bits per heavy atom. The quantitative estimate of drug-likeness (QED) is 0.825. The van der Waals surface area contributed by atoms with E-state index in [9.17, 15) is 4.79 Å². The second-order valence-corrected chi connectivity index (χ2v) is 3.55. The Kier molecular flexibility index (Phi) is 3.14. The Labute approximate surface area is 99.0 Å². The number of rotatable bonds is 3. The molecule has 2 N–H and O–H groups in total. The van der Waals surface area contributed by atoms with Crippen molar-refractivity contribution in [2.24, 2.45) is 0 Å². The molecule has 1 heterocycles. The van der Waals surface area contributed by atoms with Crippen LogP contribution in [0.3, 0.4) is 0 Å². The number of esters is 1. The predicted molar refractivity (Wildman–Crippen MR) is 64.5 cm³/mol. The van der Waals surface area contributed by atoms with E-state index in [0.29, 0.717) is 11.4 Å². The Balaban J connectivity index is 2.28. The molecule has 0 bridgehead atoms. The summed E-state index contributed by atoms with van der Waals surface area (Å²) in [6, 6.07) is 11.1. The van der Waals surface area contributed by atoms with Gasteiger partial charge < -0.3 is 14.9 Å². The van der Waals surface area contributed by atoms with Crippen molar-refractivity contribution in [3.8, 4) is 17.3 Å². The molecular formula is C13H13NO3. The Morgan fingerprint density at radius 2 is 2.06 bits per heavy atom. The molecule has 1 aromatic heterocycles. The molecule has 0 spiro atoms. The molecule has 2 aromatic rings. The molecule has 2 rings (SSSR count). The summed E-state index contributed by atoms with van der Waals surface area (Å²) >= 11 is 0. The predicted octanol–water partition coefficient (Wildman–Crippen LogP) is 2.84. The van der Waals surface area contributed by atoms with E-state index >= 15 is 0 Å². The van der Waals surface area contributed by atoms with Gasteiger partial charge in [0.05, 0.1) is 0 Å². The summed E-state index contributed by atoms with van der Waals surface area (Å²) in [5.74, 6) is 0.281. The molecule has 0 unspecified atom stereocenters. The number of furan rings is 1. The molecule has 0 saturated carbocycles. The number of nitrogen functional groups attached to an aromatic ring is 1. The lowest BCUT2D eigenvalue weighted by molar-refractivity contribution is -0.135. The normalized spacial score (nSPS) is 10.2. The monoisotopic (exact) mass is 231 g/mol. The highest BCUT2D eigenvalue weighted by atomic mass is 16.6. The van der Waals surface area contributed by atoms with Gasteiger partial charge in [-0.1, -0.05) is 37.3 Å². The van der Waals surface area contributed by atoms with Gasteiger partial charge >= 0.3 is 11.9 Å². The summed E-state index contributed by atoms with van der Waals surface area (Å²) in [4.78, 5) is 11.1. The van der Waals surface area contributed by atoms with Gasteiger partial charge in [0.25, 0.3) is 0 Å². The lowest BCUT2D eigenvalue weighted by Gasteiger charge is -1.98. The van der Waals surface area contributed by atoms with Crippen molar-refractivity contribution in [2.45, 2.75) is 13.3 Å². The van der Waals surface area contributed by atoms with Crippen LogP contribution in [0, 0.1) is 0 Å². The Hall–Kier alpha value is -2.23. The number of carbonyl (C=O) groups excluding carboxylic acids is 1. The van der Waals surface area contributed by atoms with Crippen molar-refractivity contribution in [2.75, 3.05) is 5.73 Å². The van der Waals surface area contributed by atoms with Crippen LogP contribution in [0.5, 0.6) is 5.95 Å². The van der Waals surface area contributed by atoms with Crippen LogP contribution in [0.4, 0.5) is 5.69 Å². The third-order valence-electron chi connectivity index (χ3n) is 2.28. The molecule has 0 fully saturated rings. The first-order valence-electron chi connectivity index (χ1n) is 5.36. The minimum Gasteiger partial charge on any atom is -0.424 e. The number of ether oxygens (including phenoxy) is 1. The molecule has 0 radical (unpaired) electrons. The molecule has 17 heavy (non-hydrogen) atoms. The van der Waals surface area contributed by atoms with Gasteiger partial charge in [-0.3, -0.25) is 4.79 Å². The first-order chi connectivity index (χ1) is 8.20. The molecule has 4 nitrogen and oxygen atoms in total. The van der Waals surface area contributed by atoms with Crippen LogP contribution < -0.4 is 10.5 Å². The minimum absolute atomic E-state index is 0.0655. The topological polar surface area (TPSA) is 65.5 Å². The summed E-state index contributed by atoms with van der Waals surface area (Å²) in [6.45, 7) is 1.71. The summed E-state index contributed by atoms with van der Waals surface area (Å²) in [5, 5.41) is 0. The third-order valence-corrected chi connectivity index (χ3v) is 2.28. The van der Waals surface area contributed by atoms with Crippen LogP contribution in [0.1, 0.15) is 13.3 Å². The highest BCUT2D eigenvalue weighted by Gasteiger charge is 2.13. The molecule has 88 valence electrons. The fraction of sp³-hybridized carbons (Fsp3) is 0.154. The highest BCUT2D eigenvalue weighted by molar-refractivity contribution is 5.74. The number of carbonyl (C=O) groups is 1. The van der Waals surface area contributed by atoms with Crippen LogP contribution in [0.15, 0.2) is 40.8 Å². The Morgan fingerprint density at radius 3 is 2.71 bits per heavy atom. The maximum atomic E-state index is 11.1. The van der Waals surface area contributed by atoms with Crippen LogP contribution in [-0.2, 0) is 4.79 Å². The molecular weight excluding hydrogens is 218 g/mol. The molecule has 0 aliphatic carbocycles. The van der Waals surface area contributed by atoms with Gasteiger partial charge in [0, 0.05) is 18.1 Å². The highest BCUT2D eigenvalue weighted by Crippen LogP contribution is 2.32. The third kappa shape index (κ3) is 2.47. The lowest BCUT2D eigenvalue weighted by atomic mass is 10.2. The molecule has 1 aromatic carbocycles. The summed E-state index contributed by atoms with van der Waals surface area (Å²) in [7, 11) is 0. The molecule has 0 aliphatic heterocycles. The SMILES string of the molecule is CCC(=O)Oc1oc(-c2ccccc2)cc1N. The fourth-order valence-electron chi connectivity index (χ4n) is 1.39. The zero-order valence-electron chi connectivity index (χ0n) is 9.47. The standard InChI is InChI=1S/C13H13NO3/c1-2-12(15)17-13-10(14)8-11(16-13)9-6-4-3-5-7-9/h3-8H,2,14H2,1H3. The largest absolute Gasteiger partial charge is 0.424 e. The van der Waals surface area contributed by atoms with Gasteiger partial charge in [0.1, 0.15) is 11.4 Å². The summed E-state index contributed by atoms with van der Waals surface area (Å²) in [6.07, 6.45) is 0.279. The summed E-state index contributed by atoms with van der Waals surface area (Å²) < 4.78 is 10.4. The average molecular weight is 231 g/mol. The number of hydrogen-bond acceptors (Lipinski definition) is 4. The van der Waals surface area contributed by atoms with Gasteiger partial charge in [-0.15, -0.1) is 0 Å². The van der Waals surface area contributed by atoms with Crippen molar-refractivity contribution in [3.05, 3.63) is 36.4 Å². The number of anilines is 1. The zero-order valence-corrected chi connectivity index (χ0v) is 9.47. The zero-order chi connectivity index (χ0) is 12.3. The summed E-state index contributed by atoms with van der Waals surface area (Å²) in [5.41, 5.74) is 6.92. The van der Waals surface area contributed by atoms with Crippen LogP contribution in [-0.4, -0.2) is 5.97 Å². The van der Waals surface area contributed by atoms with Gasteiger partial charge in [0.15, 0.2) is 0 Å². The van der Waals surface area contributed by atoms with Gasteiger partial charge in [-0.2, -0.15) is 0 Å². The van der Waals surface area contributed by atoms with Crippen LogP contribution in [0.2, 0.25) is 0 Å². The molecule has 0 atom stereocenters. The van der Waals surface area contributed by atoms with E-state index in [0.717, 1.165) is 5.56 Å². The first-order valence-corrected chi connectivity index (χ1v) is 5.36. The van der Waals surface area contributed by atoms with Gasteiger partial charge in [-0.25, -0.2) is 0 Å². The first kappa shape index (κ1) is 11.3. The second-order valence-electron chi connectivity index (χ2n) is 3.55. The number of benzene rings is 1. The molecule has 0 saturated heterocycles. The van der Waals surface area contributed by atoms with E-state index in [2.05, 4.69) is 0 Å². The van der Waals surface area contributed by atoms with Crippen molar-refractivity contribution in [1.29, 1.82) is 0 Å². The average Bonchev–Trinajstić information content (AvgIpc) is 2.72. The second kappa shape index (κ2) is 4.74. The van der Waals surface area contributed by atoms with Crippen LogP contribution >= 0.6 is 0 Å². The van der Waals surface area contributed by atoms with Crippen molar-refractivity contribution in [3.63, 3.8) is 0 Å². The van der Waals surface area contributed by atoms with E-state index in [1.54, 1.807) is 13.0 Å². The van der Waals surface area contributed by atoms with Gasteiger partial charge in [-0.05, 0) is 0 Å². The smallest absolute Gasteiger partial charge is 0.316 e. The Bertz CT molecular complexity index is 517. The molecule has 0 amide bonds. The maximum Gasteiger partial charge on any atom is 0.316 e. The van der Waals surface area contributed by atoms with Gasteiger partial charge in [0.2, 0.25) is 0 Å². The van der Waals surface area contributed by atoms with Crippen LogP contribution in [0.25, 0.3) is 11.3 Å². The lowest BCUT2D eigenvalue weighted by Crippen LogP contribution is -2.05. The molecule has 0 aliphatic rings. The van der Waals surface area contributed by atoms with Crippen molar-refractivity contribution >= 4 is 11.7 Å². The van der Waals surface area contributed by atoms with E-state index in [4.69, 9.17) is 14.9 Å². The maximum absolute atomic E-state index is 11.1. The van der Waals surface area contributed by atoms with E-state index in [1.165, 1.54) is 0 Å². The van der Waals surface area contributed by atoms with E-state index < -0.39 is 0 Å². The molecule has 4 heteroatoms. The van der Waals surface area contributed by atoms with E-state index in [1.807, 2.05) is 30.3 Å². The van der Waals surface area contributed by atoms with E-state index in [-0.39, 0.29) is 18.3 Å².